The summed E-state index contributed by atoms with van der Waals surface area (Å²) in [4.78, 5) is 38.8. The molecule has 1 aliphatic rings. The van der Waals surface area contributed by atoms with Gasteiger partial charge in [-0.1, -0.05) is 35.9 Å². The number of anilines is 1. The third kappa shape index (κ3) is 6.93. The van der Waals surface area contributed by atoms with E-state index < -0.39 is 29.4 Å². The SMILES string of the molecule is CCOc1cc(/C=C2/SC(=O)N(CC(=O)Nc3cccc(F)c3)C2=O)cc(I)c1OCc1ccc(C)cc1. The van der Waals surface area contributed by atoms with Crippen LogP contribution in [-0.2, 0) is 16.2 Å². The Morgan fingerprint density at radius 2 is 1.87 bits per heavy atom. The van der Waals surface area contributed by atoms with Gasteiger partial charge >= 0.3 is 0 Å². The van der Waals surface area contributed by atoms with Crippen molar-refractivity contribution < 1.29 is 28.2 Å². The maximum atomic E-state index is 13.4. The molecule has 1 fully saturated rings. The molecule has 1 saturated heterocycles. The van der Waals surface area contributed by atoms with Gasteiger partial charge in [-0.05, 0) is 95.7 Å². The lowest BCUT2D eigenvalue weighted by molar-refractivity contribution is -0.127. The van der Waals surface area contributed by atoms with Gasteiger partial charge in [0.15, 0.2) is 11.5 Å². The lowest BCUT2D eigenvalue weighted by atomic mass is 10.1. The van der Waals surface area contributed by atoms with E-state index >= 15 is 0 Å². The summed E-state index contributed by atoms with van der Waals surface area (Å²) >= 11 is 2.89. The molecule has 10 heteroatoms. The molecule has 1 aliphatic heterocycles. The van der Waals surface area contributed by atoms with E-state index in [1.807, 2.05) is 44.2 Å². The van der Waals surface area contributed by atoms with E-state index in [0.717, 1.165) is 31.9 Å². The minimum Gasteiger partial charge on any atom is -0.490 e. The quantitative estimate of drug-likeness (QED) is 0.214. The second kappa shape index (κ2) is 12.4. The summed E-state index contributed by atoms with van der Waals surface area (Å²) in [6, 6.07) is 17.0. The highest BCUT2D eigenvalue weighted by Crippen LogP contribution is 2.38. The van der Waals surface area contributed by atoms with Crippen molar-refractivity contribution in [3.05, 3.63) is 91.6 Å². The first-order valence-electron chi connectivity index (χ1n) is 11.7. The fraction of sp³-hybridized carbons (Fsp3) is 0.179. The first-order chi connectivity index (χ1) is 18.2. The Hall–Kier alpha value is -3.38. The number of ether oxygens (including phenoxy) is 2. The Labute approximate surface area is 237 Å². The number of nitrogens with zero attached hydrogens (tertiary/aromatic N) is 1. The molecular formula is C28H24FIN2O5S. The summed E-state index contributed by atoms with van der Waals surface area (Å²) in [5, 5.41) is 1.93. The van der Waals surface area contributed by atoms with Gasteiger partial charge in [0.25, 0.3) is 11.1 Å². The second-order valence-corrected chi connectivity index (χ2v) is 10.5. The molecule has 38 heavy (non-hydrogen) atoms. The van der Waals surface area contributed by atoms with Crippen molar-refractivity contribution >= 4 is 63.2 Å². The van der Waals surface area contributed by atoms with Crippen LogP contribution in [0.1, 0.15) is 23.6 Å². The van der Waals surface area contributed by atoms with Gasteiger partial charge in [-0.15, -0.1) is 0 Å². The molecule has 0 spiro atoms. The lowest BCUT2D eigenvalue weighted by Crippen LogP contribution is -2.36. The van der Waals surface area contributed by atoms with E-state index in [2.05, 4.69) is 27.9 Å². The molecule has 4 rings (SSSR count). The molecule has 1 N–H and O–H groups in total. The van der Waals surface area contributed by atoms with Gasteiger partial charge in [0.05, 0.1) is 15.1 Å². The molecule has 3 amide bonds. The van der Waals surface area contributed by atoms with Crippen molar-refractivity contribution in [2.45, 2.75) is 20.5 Å². The van der Waals surface area contributed by atoms with Crippen LogP contribution in [0.25, 0.3) is 6.08 Å². The van der Waals surface area contributed by atoms with Gasteiger partial charge in [0, 0.05) is 5.69 Å². The van der Waals surface area contributed by atoms with E-state index in [1.165, 1.54) is 23.8 Å². The van der Waals surface area contributed by atoms with Gasteiger partial charge in [0.2, 0.25) is 5.91 Å². The highest BCUT2D eigenvalue weighted by molar-refractivity contribution is 14.1. The maximum absolute atomic E-state index is 13.4. The van der Waals surface area contributed by atoms with E-state index in [1.54, 1.807) is 12.1 Å². The number of rotatable bonds is 9. The molecule has 3 aromatic carbocycles. The predicted molar refractivity (Wildman–Crippen MR) is 154 cm³/mol. The van der Waals surface area contributed by atoms with Crippen LogP contribution in [0, 0.1) is 16.3 Å². The number of aryl methyl sites for hydroxylation is 1. The van der Waals surface area contributed by atoms with Crippen LogP contribution in [0.3, 0.4) is 0 Å². The summed E-state index contributed by atoms with van der Waals surface area (Å²) in [5.41, 5.74) is 3.07. The topological polar surface area (TPSA) is 84.9 Å². The largest absolute Gasteiger partial charge is 0.490 e. The van der Waals surface area contributed by atoms with Crippen LogP contribution in [0.2, 0.25) is 0 Å². The smallest absolute Gasteiger partial charge is 0.294 e. The zero-order chi connectivity index (χ0) is 27.2. The number of carbonyl (C=O) groups is 3. The average Bonchev–Trinajstić information content (AvgIpc) is 3.12. The summed E-state index contributed by atoms with van der Waals surface area (Å²) in [7, 11) is 0. The third-order valence-electron chi connectivity index (χ3n) is 5.42. The monoisotopic (exact) mass is 646 g/mol. The Bertz CT molecular complexity index is 1410. The molecule has 0 bridgehead atoms. The maximum Gasteiger partial charge on any atom is 0.294 e. The number of nitrogens with one attached hydrogen (secondary N) is 1. The first-order valence-corrected chi connectivity index (χ1v) is 13.6. The Kier molecular flexibility index (Phi) is 9.05. The van der Waals surface area contributed by atoms with Crippen molar-refractivity contribution in [2.24, 2.45) is 0 Å². The van der Waals surface area contributed by atoms with Gasteiger partial charge in [-0.2, -0.15) is 0 Å². The summed E-state index contributed by atoms with van der Waals surface area (Å²) in [6.45, 7) is 4.19. The summed E-state index contributed by atoms with van der Waals surface area (Å²) in [5.74, 6) is -0.590. The van der Waals surface area contributed by atoms with E-state index in [-0.39, 0.29) is 10.6 Å². The Morgan fingerprint density at radius 1 is 1.11 bits per heavy atom. The highest BCUT2D eigenvalue weighted by Gasteiger charge is 2.36. The van der Waals surface area contributed by atoms with E-state index in [9.17, 15) is 18.8 Å². The molecule has 0 atom stereocenters. The number of amides is 3. The molecule has 0 aliphatic carbocycles. The highest BCUT2D eigenvalue weighted by atomic mass is 127. The van der Waals surface area contributed by atoms with E-state index in [4.69, 9.17) is 9.47 Å². The Balaban J connectivity index is 1.48. The fourth-order valence-electron chi connectivity index (χ4n) is 3.61. The second-order valence-electron chi connectivity index (χ2n) is 8.36. The van der Waals surface area contributed by atoms with Crippen LogP contribution in [0.4, 0.5) is 14.9 Å². The van der Waals surface area contributed by atoms with Crippen LogP contribution in [0.15, 0.2) is 65.6 Å². The molecule has 0 unspecified atom stereocenters. The number of benzene rings is 3. The number of carbonyl (C=O) groups excluding carboxylic acids is 3. The molecule has 196 valence electrons. The van der Waals surface area contributed by atoms with Gasteiger partial charge < -0.3 is 14.8 Å². The minimum atomic E-state index is -0.609. The standard InChI is InChI=1S/C28H24FIN2O5S/c1-3-36-23-12-19(11-22(30)26(23)37-16-18-9-7-17(2)8-10-18)13-24-27(34)32(28(35)38-24)15-25(33)31-21-6-4-5-20(29)14-21/h4-14H,3,15-16H2,1-2H3,(H,31,33)/b24-13+. The van der Waals surface area contributed by atoms with Crippen molar-refractivity contribution in [3.8, 4) is 11.5 Å². The van der Waals surface area contributed by atoms with Crippen LogP contribution in [-0.4, -0.2) is 35.1 Å². The number of hydrogen-bond acceptors (Lipinski definition) is 6. The number of halogens is 2. The summed E-state index contributed by atoms with van der Waals surface area (Å²) < 4.78 is 26.0. The summed E-state index contributed by atoms with van der Waals surface area (Å²) in [6.07, 6.45) is 1.59. The Morgan fingerprint density at radius 3 is 2.58 bits per heavy atom. The molecular weight excluding hydrogens is 622 g/mol. The molecule has 3 aromatic rings. The third-order valence-corrected chi connectivity index (χ3v) is 7.13. The van der Waals surface area contributed by atoms with Crippen LogP contribution >= 0.6 is 34.4 Å². The van der Waals surface area contributed by atoms with Crippen molar-refractivity contribution in [3.63, 3.8) is 0 Å². The van der Waals surface area contributed by atoms with Crippen molar-refractivity contribution in [2.75, 3.05) is 18.5 Å². The van der Waals surface area contributed by atoms with Crippen molar-refractivity contribution in [1.82, 2.24) is 4.90 Å². The van der Waals surface area contributed by atoms with Gasteiger partial charge in [0.1, 0.15) is 19.0 Å². The average molecular weight is 646 g/mol. The zero-order valence-electron chi connectivity index (χ0n) is 20.6. The molecule has 0 aromatic heterocycles. The van der Waals surface area contributed by atoms with Gasteiger partial charge in [-0.3, -0.25) is 19.3 Å². The van der Waals surface area contributed by atoms with Gasteiger partial charge in [-0.25, -0.2) is 4.39 Å². The molecule has 1 heterocycles. The fourth-order valence-corrected chi connectivity index (χ4v) is 5.23. The van der Waals surface area contributed by atoms with E-state index in [0.29, 0.717) is 30.3 Å². The molecule has 7 nitrogen and oxygen atoms in total. The lowest BCUT2D eigenvalue weighted by Gasteiger charge is -2.15. The predicted octanol–water partition coefficient (Wildman–Crippen LogP) is 6.39. The zero-order valence-corrected chi connectivity index (χ0v) is 23.6. The van der Waals surface area contributed by atoms with Crippen LogP contribution < -0.4 is 14.8 Å². The number of hydrogen-bond donors (Lipinski definition) is 1. The normalized spacial score (nSPS) is 14.2. The number of imide groups is 1. The number of thioether (sulfide) groups is 1. The molecule has 0 radical (unpaired) electrons. The minimum absolute atomic E-state index is 0.181. The first kappa shape index (κ1) is 27.6. The van der Waals surface area contributed by atoms with Crippen LogP contribution in [0.5, 0.6) is 11.5 Å². The van der Waals surface area contributed by atoms with Crippen molar-refractivity contribution in [1.29, 1.82) is 0 Å². The molecule has 0 saturated carbocycles.